The first kappa shape index (κ1) is 26.4. The second-order valence-electron chi connectivity index (χ2n) is 9.46. The molecule has 4 rings (SSSR count). The van der Waals surface area contributed by atoms with Crippen LogP contribution in [0, 0.1) is 0 Å². The number of fused-ring (bicyclic) bond motifs is 1. The number of rotatable bonds is 8. The SMILES string of the molecule is CC(C)(C)c1ccc(Oc2cccc(S(=O)(=O)Nc3cc(SCC(=O)O)c(O)c4ccccc34)c2)cc1. The number of carbonyl (C=O) groups is 1. The van der Waals surface area contributed by atoms with Gasteiger partial charge in [0.15, 0.2) is 0 Å². The minimum absolute atomic E-state index is 0.00257. The zero-order chi connectivity index (χ0) is 26.8. The van der Waals surface area contributed by atoms with Crippen molar-refractivity contribution in [2.75, 3.05) is 10.5 Å². The van der Waals surface area contributed by atoms with E-state index in [1.807, 2.05) is 24.3 Å². The van der Waals surface area contributed by atoms with E-state index in [1.165, 1.54) is 18.2 Å². The number of nitrogens with one attached hydrogen (secondary N) is 1. The number of carboxylic acid groups (broad SMARTS) is 1. The number of carboxylic acids is 1. The zero-order valence-corrected chi connectivity index (χ0v) is 22.2. The van der Waals surface area contributed by atoms with Crippen molar-refractivity contribution in [3.63, 3.8) is 0 Å². The summed E-state index contributed by atoms with van der Waals surface area (Å²) < 4.78 is 35.2. The molecule has 0 aliphatic carbocycles. The molecule has 4 aromatic rings. The van der Waals surface area contributed by atoms with Gasteiger partial charge in [0.2, 0.25) is 0 Å². The molecule has 0 unspecified atom stereocenters. The summed E-state index contributed by atoms with van der Waals surface area (Å²) in [6.45, 7) is 6.36. The quantitative estimate of drug-likeness (QED) is 0.171. The number of anilines is 1. The smallest absolute Gasteiger partial charge is 0.313 e. The summed E-state index contributed by atoms with van der Waals surface area (Å²) in [4.78, 5) is 11.3. The Balaban J connectivity index is 1.63. The van der Waals surface area contributed by atoms with Crippen LogP contribution in [0.2, 0.25) is 0 Å². The fourth-order valence-corrected chi connectivity index (χ4v) is 5.57. The van der Waals surface area contributed by atoms with Gasteiger partial charge in [0.25, 0.3) is 10.0 Å². The highest BCUT2D eigenvalue weighted by molar-refractivity contribution is 8.00. The topological polar surface area (TPSA) is 113 Å². The molecular weight excluding hydrogens is 510 g/mol. The Labute approximate surface area is 220 Å². The van der Waals surface area contributed by atoms with Crippen LogP contribution >= 0.6 is 11.8 Å². The van der Waals surface area contributed by atoms with Crippen LogP contribution in [0.25, 0.3) is 10.8 Å². The average molecular weight is 538 g/mol. The minimum atomic E-state index is -4.04. The van der Waals surface area contributed by atoms with Crippen molar-refractivity contribution in [1.82, 2.24) is 0 Å². The van der Waals surface area contributed by atoms with E-state index in [0.29, 0.717) is 22.3 Å². The fraction of sp³-hybridized carbons (Fsp3) is 0.179. The summed E-state index contributed by atoms with van der Waals surface area (Å²) in [5, 5.41) is 20.6. The monoisotopic (exact) mass is 537 g/mol. The first-order chi connectivity index (χ1) is 17.4. The molecule has 0 aromatic heterocycles. The minimum Gasteiger partial charge on any atom is -0.506 e. The van der Waals surface area contributed by atoms with Gasteiger partial charge < -0.3 is 14.9 Å². The Morgan fingerprint density at radius 2 is 1.59 bits per heavy atom. The van der Waals surface area contributed by atoms with Crippen LogP contribution in [-0.4, -0.2) is 30.4 Å². The van der Waals surface area contributed by atoms with Gasteiger partial charge in [-0.1, -0.05) is 63.2 Å². The van der Waals surface area contributed by atoms with Crippen LogP contribution in [0.1, 0.15) is 26.3 Å². The molecule has 0 fully saturated rings. The Kier molecular flexibility index (Phi) is 7.38. The van der Waals surface area contributed by atoms with Crippen LogP contribution in [-0.2, 0) is 20.2 Å². The third kappa shape index (κ3) is 6.18. The Bertz CT molecular complexity index is 1560. The highest BCUT2D eigenvalue weighted by atomic mass is 32.2. The first-order valence-corrected chi connectivity index (χ1v) is 13.9. The maximum atomic E-state index is 13.3. The number of phenolic OH excluding ortho intramolecular Hbond substituents is 1. The number of aromatic hydroxyl groups is 1. The maximum absolute atomic E-state index is 13.3. The largest absolute Gasteiger partial charge is 0.506 e. The van der Waals surface area contributed by atoms with Gasteiger partial charge in [0.05, 0.1) is 21.2 Å². The van der Waals surface area contributed by atoms with Gasteiger partial charge in [-0.25, -0.2) is 8.42 Å². The lowest BCUT2D eigenvalue weighted by atomic mass is 9.87. The van der Waals surface area contributed by atoms with Crippen LogP contribution in [0.15, 0.2) is 88.7 Å². The summed E-state index contributed by atoms with van der Waals surface area (Å²) in [5.74, 6) is -0.490. The van der Waals surface area contributed by atoms with Gasteiger partial charge in [-0.2, -0.15) is 0 Å². The van der Waals surface area contributed by atoms with Crippen LogP contribution in [0.5, 0.6) is 17.2 Å². The number of sulfonamides is 1. The molecule has 7 nitrogen and oxygen atoms in total. The average Bonchev–Trinajstić information content (AvgIpc) is 2.85. The molecule has 0 radical (unpaired) electrons. The molecule has 4 aromatic carbocycles. The Hall–Kier alpha value is -3.69. The van der Waals surface area contributed by atoms with Crippen molar-refractivity contribution in [2.24, 2.45) is 0 Å². The summed E-state index contributed by atoms with van der Waals surface area (Å²) in [5.41, 5.74) is 1.38. The number of aliphatic carboxylic acids is 1. The summed E-state index contributed by atoms with van der Waals surface area (Å²) in [6.07, 6.45) is 0. The number of thioether (sulfide) groups is 1. The highest BCUT2D eigenvalue weighted by Crippen LogP contribution is 2.40. The molecule has 37 heavy (non-hydrogen) atoms. The van der Waals surface area contributed by atoms with Crippen LogP contribution in [0.3, 0.4) is 0 Å². The molecule has 3 N–H and O–H groups in total. The van der Waals surface area contributed by atoms with Crippen molar-refractivity contribution in [3.05, 3.63) is 84.4 Å². The standard InChI is InChI=1S/C28H27NO6S2/c1-28(2,3)18-11-13-19(14-12-18)35-20-7-6-8-21(15-20)37(33,34)29-24-16-25(36-17-26(30)31)27(32)23-10-5-4-9-22(23)24/h4-16,29,32H,17H2,1-3H3,(H,30,31). The van der Waals surface area contributed by atoms with E-state index in [4.69, 9.17) is 9.84 Å². The van der Waals surface area contributed by atoms with E-state index in [1.54, 1.807) is 36.4 Å². The molecule has 0 heterocycles. The van der Waals surface area contributed by atoms with Crippen molar-refractivity contribution in [3.8, 4) is 17.2 Å². The van der Waals surface area contributed by atoms with Crippen molar-refractivity contribution in [1.29, 1.82) is 0 Å². The summed E-state index contributed by atoms with van der Waals surface area (Å²) in [7, 11) is -4.04. The zero-order valence-electron chi connectivity index (χ0n) is 20.6. The molecule has 192 valence electrons. The molecule has 0 amide bonds. The fourth-order valence-electron chi connectivity index (χ4n) is 3.74. The number of hydrogen-bond donors (Lipinski definition) is 3. The van der Waals surface area contributed by atoms with Gasteiger partial charge >= 0.3 is 5.97 Å². The van der Waals surface area contributed by atoms with Gasteiger partial charge in [-0.05, 0) is 41.3 Å². The summed E-state index contributed by atoms with van der Waals surface area (Å²) in [6, 6.07) is 22.0. The highest BCUT2D eigenvalue weighted by Gasteiger charge is 2.20. The van der Waals surface area contributed by atoms with Gasteiger partial charge in [-0.15, -0.1) is 11.8 Å². The molecule has 0 spiro atoms. The Morgan fingerprint density at radius 1 is 0.919 bits per heavy atom. The van der Waals surface area contributed by atoms with Crippen LogP contribution < -0.4 is 9.46 Å². The Morgan fingerprint density at radius 3 is 2.24 bits per heavy atom. The third-order valence-corrected chi connectivity index (χ3v) is 8.03. The lowest BCUT2D eigenvalue weighted by molar-refractivity contribution is -0.133. The number of hydrogen-bond acceptors (Lipinski definition) is 6. The van der Waals surface area contributed by atoms with E-state index in [9.17, 15) is 18.3 Å². The molecule has 0 saturated heterocycles. The lowest BCUT2D eigenvalue weighted by Crippen LogP contribution is -2.13. The predicted molar refractivity (Wildman–Crippen MR) is 146 cm³/mol. The normalized spacial score (nSPS) is 11.9. The van der Waals surface area contributed by atoms with Crippen molar-refractivity contribution in [2.45, 2.75) is 36.0 Å². The van der Waals surface area contributed by atoms with Gasteiger partial charge in [-0.3, -0.25) is 9.52 Å². The number of ether oxygens (including phenoxy) is 1. The molecule has 9 heteroatoms. The number of benzene rings is 4. The third-order valence-electron chi connectivity index (χ3n) is 5.65. The molecule has 0 aliphatic rings. The molecule has 0 atom stereocenters. The van der Waals surface area contributed by atoms with E-state index < -0.39 is 16.0 Å². The van der Waals surface area contributed by atoms with Gasteiger partial charge in [0.1, 0.15) is 17.2 Å². The van der Waals surface area contributed by atoms with Gasteiger partial charge in [0, 0.05) is 16.8 Å². The molecule has 0 aliphatic heterocycles. The molecular formula is C28H27NO6S2. The van der Waals surface area contributed by atoms with Crippen molar-refractivity contribution >= 4 is 44.2 Å². The summed E-state index contributed by atoms with van der Waals surface area (Å²) >= 11 is 0.908. The van der Waals surface area contributed by atoms with E-state index >= 15 is 0 Å². The predicted octanol–water partition coefficient (Wildman–Crippen LogP) is 6.61. The molecule has 0 bridgehead atoms. The van der Waals surface area contributed by atoms with E-state index in [2.05, 4.69) is 25.5 Å². The van der Waals surface area contributed by atoms with Crippen LogP contribution in [0.4, 0.5) is 5.69 Å². The maximum Gasteiger partial charge on any atom is 0.313 e. The van der Waals surface area contributed by atoms with E-state index in [0.717, 1.165) is 17.3 Å². The second-order valence-corrected chi connectivity index (χ2v) is 12.2. The first-order valence-electron chi connectivity index (χ1n) is 11.4. The van der Waals surface area contributed by atoms with E-state index in [-0.39, 0.29) is 32.4 Å². The molecule has 0 saturated carbocycles. The van der Waals surface area contributed by atoms with Crippen molar-refractivity contribution < 1.29 is 28.2 Å². The lowest BCUT2D eigenvalue weighted by Gasteiger charge is -2.19. The number of phenols is 1. The second kappa shape index (κ2) is 10.4.